The van der Waals surface area contributed by atoms with Crippen LogP contribution in [0.3, 0.4) is 0 Å². The summed E-state index contributed by atoms with van der Waals surface area (Å²) in [5, 5.41) is 0.773. The van der Waals surface area contributed by atoms with Crippen LogP contribution in [-0.2, 0) is 9.47 Å². The highest BCUT2D eigenvalue weighted by Crippen LogP contribution is 2.46. The van der Waals surface area contributed by atoms with Gasteiger partial charge in [-0.2, -0.15) is 0 Å². The summed E-state index contributed by atoms with van der Waals surface area (Å²) in [6.07, 6.45) is 7.40. The van der Waals surface area contributed by atoms with Gasteiger partial charge in [-0.05, 0) is 81.6 Å². The molecule has 3 atom stereocenters. The number of hydrogen-bond donors (Lipinski definition) is 0. The van der Waals surface area contributed by atoms with Gasteiger partial charge in [0.15, 0.2) is 0 Å². The predicted octanol–water partition coefficient (Wildman–Crippen LogP) is 6.40. The lowest BCUT2D eigenvalue weighted by Crippen LogP contribution is -2.54. The second-order valence-electron chi connectivity index (χ2n) is 10.6. The molecular weight excluding hydrogens is 450 g/mol. The number of hydrogen-bond acceptors (Lipinski definition) is 6. The zero-order valence-corrected chi connectivity index (χ0v) is 22.4. The second-order valence-corrected chi connectivity index (χ2v) is 11.0. The van der Waals surface area contributed by atoms with E-state index in [1.807, 2.05) is 18.5 Å². The van der Waals surface area contributed by atoms with Crippen LogP contribution in [-0.4, -0.2) is 61.8 Å². The number of rotatable bonds is 9. The maximum absolute atomic E-state index is 12.3. The minimum absolute atomic E-state index is 0.0447. The van der Waals surface area contributed by atoms with E-state index in [9.17, 15) is 4.79 Å². The Kier molecular flexibility index (Phi) is 9.27. The van der Waals surface area contributed by atoms with Crippen LogP contribution < -0.4 is 0 Å². The lowest BCUT2D eigenvalue weighted by atomic mass is 9.71. The standard InChI is InChI=1S/C27H42ClN3O3/c1-7-16-31-18-29-27(17-19(2)3,34-26(32)33-6)25(31)22-10-8-20(9-11-22)24(30(4)5)21-12-14-23(28)15-13-21/h12-15,18-20,22,24-25H,7-11,16-17H2,1-6H3. The summed E-state index contributed by atoms with van der Waals surface area (Å²) >= 11 is 6.15. The summed E-state index contributed by atoms with van der Waals surface area (Å²) < 4.78 is 10.9. The molecule has 0 spiro atoms. The van der Waals surface area contributed by atoms with Crippen molar-refractivity contribution in [1.29, 1.82) is 0 Å². The van der Waals surface area contributed by atoms with Crippen molar-refractivity contribution < 1.29 is 14.3 Å². The first-order valence-corrected chi connectivity index (χ1v) is 13.1. The van der Waals surface area contributed by atoms with Crippen LogP contribution in [0.1, 0.15) is 70.9 Å². The molecule has 3 rings (SSSR count). The average molecular weight is 492 g/mol. The molecule has 0 aromatic heterocycles. The van der Waals surface area contributed by atoms with Gasteiger partial charge in [0.25, 0.3) is 0 Å². The third-order valence-corrected chi connectivity index (χ3v) is 7.58. The molecule has 0 saturated heterocycles. The van der Waals surface area contributed by atoms with Crippen LogP contribution >= 0.6 is 11.6 Å². The number of benzene rings is 1. The van der Waals surface area contributed by atoms with Gasteiger partial charge in [0.2, 0.25) is 5.72 Å². The fourth-order valence-corrected chi connectivity index (χ4v) is 6.30. The molecule has 7 heteroatoms. The molecule has 0 amide bonds. The SMILES string of the molecule is CCCN1C=NC(CC(C)C)(OC(=O)OC)C1C1CCC(C(c2ccc(Cl)cc2)N(C)C)CC1. The van der Waals surface area contributed by atoms with Gasteiger partial charge in [-0.15, -0.1) is 0 Å². The van der Waals surface area contributed by atoms with Crippen molar-refractivity contribution in [3.63, 3.8) is 0 Å². The highest BCUT2D eigenvalue weighted by atomic mass is 35.5. The van der Waals surface area contributed by atoms with Gasteiger partial charge < -0.3 is 19.3 Å². The largest absolute Gasteiger partial charge is 0.510 e. The van der Waals surface area contributed by atoms with E-state index in [1.165, 1.54) is 12.7 Å². The van der Waals surface area contributed by atoms with Gasteiger partial charge in [0, 0.05) is 24.0 Å². The summed E-state index contributed by atoms with van der Waals surface area (Å²) in [5.41, 5.74) is 0.434. The topological polar surface area (TPSA) is 54.4 Å². The molecule has 3 unspecified atom stereocenters. The number of carbonyl (C=O) groups excluding carboxylic acids is 1. The maximum atomic E-state index is 12.3. The Bertz CT molecular complexity index is 821. The zero-order chi connectivity index (χ0) is 24.9. The molecule has 0 radical (unpaired) electrons. The first-order valence-electron chi connectivity index (χ1n) is 12.7. The summed E-state index contributed by atoms with van der Waals surface area (Å²) in [4.78, 5) is 21.8. The van der Waals surface area contributed by atoms with Gasteiger partial charge in [-0.25, -0.2) is 9.79 Å². The van der Waals surface area contributed by atoms with Crippen molar-refractivity contribution in [3.05, 3.63) is 34.9 Å². The molecule has 34 heavy (non-hydrogen) atoms. The molecule has 1 aliphatic heterocycles. The number of ether oxygens (including phenoxy) is 2. The molecular formula is C27H42ClN3O3. The Labute approximate surface area is 210 Å². The Morgan fingerprint density at radius 3 is 2.38 bits per heavy atom. The molecule has 1 aromatic rings. The number of methoxy groups -OCH3 is 1. The Morgan fingerprint density at radius 2 is 1.85 bits per heavy atom. The minimum atomic E-state index is -0.884. The number of aliphatic imine (C=N–C) groups is 1. The Hall–Kier alpha value is -1.79. The van der Waals surface area contributed by atoms with Crippen LogP contribution in [0.15, 0.2) is 29.3 Å². The average Bonchev–Trinajstić information content (AvgIpc) is 3.12. The van der Waals surface area contributed by atoms with Gasteiger partial charge >= 0.3 is 6.16 Å². The highest BCUT2D eigenvalue weighted by Gasteiger charge is 2.53. The quantitative estimate of drug-likeness (QED) is 0.374. The van der Waals surface area contributed by atoms with Gasteiger partial charge in [-0.3, -0.25) is 0 Å². The van der Waals surface area contributed by atoms with E-state index in [0.29, 0.717) is 30.2 Å². The molecule has 1 fully saturated rings. The fraction of sp³-hybridized carbons (Fsp3) is 0.704. The van der Waals surface area contributed by atoms with E-state index >= 15 is 0 Å². The number of nitrogens with zero attached hydrogens (tertiary/aromatic N) is 3. The van der Waals surface area contributed by atoms with E-state index in [4.69, 9.17) is 26.1 Å². The van der Waals surface area contributed by atoms with E-state index in [1.54, 1.807) is 0 Å². The second kappa shape index (κ2) is 11.8. The Balaban J connectivity index is 1.81. The lowest BCUT2D eigenvalue weighted by Gasteiger charge is -2.45. The Morgan fingerprint density at radius 1 is 1.21 bits per heavy atom. The summed E-state index contributed by atoms with van der Waals surface area (Å²) in [5.74, 6) is 1.31. The fourth-order valence-electron chi connectivity index (χ4n) is 6.17. The minimum Gasteiger partial charge on any atom is -0.438 e. The van der Waals surface area contributed by atoms with Crippen LogP contribution in [0.25, 0.3) is 0 Å². The van der Waals surface area contributed by atoms with Crippen molar-refractivity contribution in [2.75, 3.05) is 27.7 Å². The van der Waals surface area contributed by atoms with E-state index in [2.05, 4.69) is 56.8 Å². The molecule has 1 heterocycles. The molecule has 0 N–H and O–H groups in total. The lowest BCUT2D eigenvalue weighted by molar-refractivity contribution is -0.0815. The molecule has 2 aliphatic rings. The maximum Gasteiger partial charge on any atom is 0.510 e. The smallest absolute Gasteiger partial charge is 0.438 e. The van der Waals surface area contributed by atoms with Crippen molar-refractivity contribution >= 4 is 24.1 Å². The normalized spacial score (nSPS) is 27.9. The summed E-state index contributed by atoms with van der Waals surface area (Å²) in [6.45, 7) is 7.40. The van der Waals surface area contributed by atoms with Gasteiger partial charge in [0.05, 0.1) is 19.5 Å². The first-order chi connectivity index (χ1) is 16.2. The molecule has 0 bridgehead atoms. The molecule has 1 saturated carbocycles. The van der Waals surface area contributed by atoms with E-state index in [0.717, 1.165) is 43.7 Å². The third kappa shape index (κ3) is 6.06. The van der Waals surface area contributed by atoms with E-state index < -0.39 is 11.9 Å². The number of halogens is 1. The molecule has 6 nitrogen and oxygen atoms in total. The predicted molar refractivity (Wildman–Crippen MR) is 138 cm³/mol. The van der Waals surface area contributed by atoms with Crippen molar-refractivity contribution in [2.24, 2.45) is 22.7 Å². The monoisotopic (exact) mass is 491 g/mol. The summed E-state index contributed by atoms with van der Waals surface area (Å²) in [6, 6.07) is 8.69. The van der Waals surface area contributed by atoms with Gasteiger partial charge in [-0.1, -0.05) is 44.5 Å². The van der Waals surface area contributed by atoms with Crippen LogP contribution in [0.2, 0.25) is 5.02 Å². The molecule has 1 aliphatic carbocycles. The highest BCUT2D eigenvalue weighted by molar-refractivity contribution is 6.30. The third-order valence-electron chi connectivity index (χ3n) is 7.33. The van der Waals surface area contributed by atoms with Crippen LogP contribution in [0, 0.1) is 17.8 Å². The van der Waals surface area contributed by atoms with E-state index in [-0.39, 0.29) is 6.04 Å². The summed E-state index contributed by atoms with van der Waals surface area (Å²) in [7, 11) is 5.69. The molecule has 190 valence electrons. The van der Waals surface area contributed by atoms with Crippen molar-refractivity contribution in [1.82, 2.24) is 9.80 Å². The van der Waals surface area contributed by atoms with Crippen molar-refractivity contribution in [3.8, 4) is 0 Å². The first kappa shape index (κ1) is 26.8. The van der Waals surface area contributed by atoms with Crippen molar-refractivity contribution in [2.45, 2.75) is 77.1 Å². The van der Waals surface area contributed by atoms with Crippen LogP contribution in [0.5, 0.6) is 0 Å². The zero-order valence-electron chi connectivity index (χ0n) is 21.7. The van der Waals surface area contributed by atoms with Gasteiger partial charge in [0.1, 0.15) is 0 Å². The molecule has 1 aromatic carbocycles. The number of carbonyl (C=O) groups is 1. The van der Waals surface area contributed by atoms with Crippen LogP contribution in [0.4, 0.5) is 4.79 Å².